The lowest BCUT2D eigenvalue weighted by atomic mass is 9.74. The molecule has 0 aliphatic rings. The Kier molecular flexibility index (Phi) is 9.41. The molecule has 0 aliphatic carbocycles. The maximum atomic E-state index is 10.6. The van der Waals surface area contributed by atoms with Crippen LogP contribution in [0.2, 0.25) is 0 Å². The smallest absolute Gasteiger partial charge is 0.423 e. The van der Waals surface area contributed by atoms with Crippen LogP contribution in [0.4, 0.5) is 5.69 Å². The van der Waals surface area contributed by atoms with Gasteiger partial charge in [0.1, 0.15) is 0 Å². The van der Waals surface area contributed by atoms with Gasteiger partial charge in [0.25, 0.3) is 0 Å². The van der Waals surface area contributed by atoms with Gasteiger partial charge in [0.2, 0.25) is 0 Å². The summed E-state index contributed by atoms with van der Waals surface area (Å²) < 4.78 is 0. The predicted octanol–water partition coefficient (Wildman–Crippen LogP) is 4.30. The molecule has 0 radical (unpaired) electrons. The summed E-state index contributed by atoms with van der Waals surface area (Å²) >= 11 is 0. The van der Waals surface area contributed by atoms with Crippen molar-refractivity contribution in [2.24, 2.45) is 5.41 Å². The standard InChI is InChI=1S/C22H32BNO3.C2H6/c1-21(2,3)14-20(22(4,5)25)17-8-6-16(7-9-17)15-24-19-12-10-18(11-13-19)23(26)27;1-2/h6-13,20,24-27H,14-15H2,1-5H3;1-2H3. The second-order valence-corrected chi connectivity index (χ2v) is 9.06. The maximum Gasteiger partial charge on any atom is 0.488 e. The Morgan fingerprint density at radius 2 is 1.38 bits per heavy atom. The number of benzene rings is 2. The molecule has 5 heteroatoms. The number of rotatable bonds is 7. The number of anilines is 1. The van der Waals surface area contributed by atoms with Gasteiger partial charge in [0.05, 0.1) is 5.60 Å². The predicted molar refractivity (Wildman–Crippen MR) is 124 cm³/mol. The lowest BCUT2D eigenvalue weighted by molar-refractivity contribution is 0.0344. The van der Waals surface area contributed by atoms with Gasteiger partial charge in [-0.05, 0) is 54.4 Å². The normalized spacial score (nSPS) is 12.6. The summed E-state index contributed by atoms with van der Waals surface area (Å²) in [4.78, 5) is 0. The summed E-state index contributed by atoms with van der Waals surface area (Å²) in [5.74, 6) is 0.0805. The molecule has 160 valence electrons. The van der Waals surface area contributed by atoms with E-state index in [1.807, 2.05) is 39.8 Å². The Morgan fingerprint density at radius 3 is 1.79 bits per heavy atom. The van der Waals surface area contributed by atoms with Gasteiger partial charge >= 0.3 is 7.12 Å². The van der Waals surface area contributed by atoms with E-state index in [1.54, 1.807) is 12.1 Å². The van der Waals surface area contributed by atoms with Crippen LogP contribution in [0.5, 0.6) is 0 Å². The van der Waals surface area contributed by atoms with Gasteiger partial charge in [-0.15, -0.1) is 0 Å². The van der Waals surface area contributed by atoms with Gasteiger partial charge < -0.3 is 20.5 Å². The van der Waals surface area contributed by atoms with Crippen molar-refractivity contribution >= 4 is 18.3 Å². The molecule has 0 amide bonds. The number of aliphatic hydroxyl groups is 1. The molecule has 2 aromatic carbocycles. The van der Waals surface area contributed by atoms with Gasteiger partial charge in [-0.25, -0.2) is 0 Å². The van der Waals surface area contributed by atoms with E-state index in [4.69, 9.17) is 10.0 Å². The van der Waals surface area contributed by atoms with Crippen LogP contribution in [0.1, 0.15) is 71.9 Å². The van der Waals surface area contributed by atoms with Crippen LogP contribution in [0.15, 0.2) is 48.5 Å². The monoisotopic (exact) mass is 399 g/mol. The Hall–Kier alpha value is -1.82. The average molecular weight is 399 g/mol. The summed E-state index contributed by atoms with van der Waals surface area (Å²) in [6, 6.07) is 15.4. The lowest BCUT2D eigenvalue weighted by Crippen LogP contribution is -2.32. The molecule has 2 rings (SSSR count). The zero-order valence-corrected chi connectivity index (χ0v) is 19.0. The second kappa shape index (κ2) is 10.8. The molecule has 0 aromatic heterocycles. The zero-order valence-electron chi connectivity index (χ0n) is 19.0. The molecule has 4 nitrogen and oxygen atoms in total. The van der Waals surface area contributed by atoms with Gasteiger partial charge in [-0.1, -0.05) is 71.0 Å². The SMILES string of the molecule is CC.CC(C)(C)CC(c1ccc(CNc2ccc(B(O)O)cc2)cc1)C(C)(C)O. The second-order valence-electron chi connectivity index (χ2n) is 9.06. The summed E-state index contributed by atoms with van der Waals surface area (Å²) in [5, 5.41) is 32.2. The van der Waals surface area contributed by atoms with E-state index in [0.717, 1.165) is 23.2 Å². The molecular weight excluding hydrogens is 361 g/mol. The summed E-state index contributed by atoms with van der Waals surface area (Å²) in [6.07, 6.45) is 0.914. The summed E-state index contributed by atoms with van der Waals surface area (Å²) in [6.45, 7) is 15.0. The maximum absolute atomic E-state index is 10.6. The van der Waals surface area contributed by atoms with E-state index in [1.165, 1.54) is 0 Å². The fourth-order valence-electron chi connectivity index (χ4n) is 3.23. The largest absolute Gasteiger partial charge is 0.488 e. The third-order valence-electron chi connectivity index (χ3n) is 4.76. The molecule has 0 saturated heterocycles. The van der Waals surface area contributed by atoms with E-state index >= 15 is 0 Å². The molecule has 1 unspecified atom stereocenters. The van der Waals surface area contributed by atoms with Gasteiger partial charge in [-0.2, -0.15) is 0 Å². The highest BCUT2D eigenvalue weighted by Crippen LogP contribution is 2.38. The Labute approximate surface area is 177 Å². The first-order valence-electron chi connectivity index (χ1n) is 10.5. The number of nitrogens with one attached hydrogen (secondary N) is 1. The van der Waals surface area contributed by atoms with E-state index in [2.05, 4.69) is 50.4 Å². The summed E-state index contributed by atoms with van der Waals surface area (Å²) in [5.41, 5.74) is 3.07. The molecule has 0 aliphatic heterocycles. The summed E-state index contributed by atoms with van der Waals surface area (Å²) in [7, 11) is -1.44. The Morgan fingerprint density at radius 1 is 0.862 bits per heavy atom. The van der Waals surface area contributed by atoms with E-state index < -0.39 is 12.7 Å². The van der Waals surface area contributed by atoms with E-state index in [9.17, 15) is 5.11 Å². The van der Waals surface area contributed by atoms with Crippen LogP contribution in [-0.2, 0) is 6.54 Å². The number of hydrogen-bond acceptors (Lipinski definition) is 4. The highest BCUT2D eigenvalue weighted by molar-refractivity contribution is 6.58. The molecule has 0 heterocycles. The highest BCUT2D eigenvalue weighted by Gasteiger charge is 2.31. The zero-order chi connectivity index (χ0) is 22.2. The van der Waals surface area contributed by atoms with Crippen molar-refractivity contribution < 1.29 is 15.2 Å². The van der Waals surface area contributed by atoms with Gasteiger partial charge in [-0.3, -0.25) is 0 Å². The van der Waals surface area contributed by atoms with Crippen molar-refractivity contribution in [3.63, 3.8) is 0 Å². The van der Waals surface area contributed by atoms with Crippen LogP contribution in [0.3, 0.4) is 0 Å². The van der Waals surface area contributed by atoms with Gasteiger partial charge in [0, 0.05) is 18.2 Å². The van der Waals surface area contributed by atoms with Crippen molar-refractivity contribution in [1.29, 1.82) is 0 Å². The van der Waals surface area contributed by atoms with Crippen molar-refractivity contribution in [1.82, 2.24) is 0 Å². The van der Waals surface area contributed by atoms with E-state index in [-0.39, 0.29) is 11.3 Å². The fraction of sp³-hybridized carbons (Fsp3) is 0.500. The van der Waals surface area contributed by atoms with Crippen molar-refractivity contribution in [2.45, 2.75) is 73.0 Å². The highest BCUT2D eigenvalue weighted by atomic mass is 16.4. The molecule has 29 heavy (non-hydrogen) atoms. The molecule has 0 saturated carbocycles. The lowest BCUT2D eigenvalue weighted by Gasteiger charge is -2.35. The minimum atomic E-state index is -1.44. The first kappa shape index (κ1) is 25.2. The fourth-order valence-corrected chi connectivity index (χ4v) is 3.23. The van der Waals surface area contributed by atoms with Crippen molar-refractivity contribution in [2.75, 3.05) is 5.32 Å². The van der Waals surface area contributed by atoms with Crippen molar-refractivity contribution in [3.8, 4) is 0 Å². The van der Waals surface area contributed by atoms with Crippen LogP contribution in [-0.4, -0.2) is 27.9 Å². The molecule has 4 N–H and O–H groups in total. The minimum Gasteiger partial charge on any atom is -0.423 e. The first-order valence-corrected chi connectivity index (χ1v) is 10.5. The minimum absolute atomic E-state index is 0.0805. The van der Waals surface area contributed by atoms with Gasteiger partial charge in [0.15, 0.2) is 0 Å². The third kappa shape index (κ3) is 8.61. The molecular formula is C24H38BNO3. The third-order valence-corrected chi connectivity index (χ3v) is 4.76. The Balaban J connectivity index is 0.00000204. The van der Waals surface area contributed by atoms with Crippen LogP contribution in [0, 0.1) is 5.41 Å². The molecule has 0 bridgehead atoms. The topological polar surface area (TPSA) is 72.7 Å². The van der Waals surface area contributed by atoms with Crippen LogP contribution in [0.25, 0.3) is 0 Å². The Bertz CT molecular complexity index is 714. The van der Waals surface area contributed by atoms with E-state index in [0.29, 0.717) is 12.0 Å². The molecule has 2 aromatic rings. The molecule has 1 atom stereocenters. The van der Waals surface area contributed by atoms with Crippen LogP contribution < -0.4 is 10.8 Å². The van der Waals surface area contributed by atoms with Crippen LogP contribution >= 0.6 is 0 Å². The quantitative estimate of drug-likeness (QED) is 0.524. The van der Waals surface area contributed by atoms with Crippen molar-refractivity contribution in [3.05, 3.63) is 59.7 Å². The first-order chi connectivity index (χ1) is 13.5. The average Bonchev–Trinajstić information content (AvgIpc) is 2.65. The number of hydrogen-bond donors (Lipinski definition) is 4. The molecule has 0 fully saturated rings. The molecule has 0 spiro atoms.